The van der Waals surface area contributed by atoms with Crippen LogP contribution < -0.4 is 11.1 Å². The Balaban J connectivity index is 1.94. The Morgan fingerprint density at radius 2 is 2.14 bits per heavy atom. The molecule has 0 radical (unpaired) electrons. The maximum absolute atomic E-state index is 14.8. The van der Waals surface area contributed by atoms with E-state index in [2.05, 4.69) is 5.32 Å². The van der Waals surface area contributed by atoms with Crippen molar-refractivity contribution in [2.45, 2.75) is 44.4 Å². The fourth-order valence-electron chi connectivity index (χ4n) is 4.43. The molecule has 3 aliphatic rings. The van der Waals surface area contributed by atoms with Crippen molar-refractivity contribution in [2.75, 3.05) is 13.1 Å². The van der Waals surface area contributed by atoms with Crippen LogP contribution in [0.3, 0.4) is 0 Å². The number of primary amides is 1. The molecule has 1 aromatic carbocycles. The summed E-state index contributed by atoms with van der Waals surface area (Å²) in [5.74, 6) is -0.545. The minimum absolute atomic E-state index is 0.212. The summed E-state index contributed by atoms with van der Waals surface area (Å²) in [6.45, 7) is 1.75. The van der Waals surface area contributed by atoms with Gasteiger partial charge in [0.15, 0.2) is 0 Å². The zero-order valence-corrected chi connectivity index (χ0v) is 12.7. The topological polar surface area (TPSA) is 55.1 Å². The number of hydrogen-bond donors (Lipinski definition) is 2. The number of allylic oxidation sites excluding steroid dienone is 2. The van der Waals surface area contributed by atoms with Gasteiger partial charge in [-0.1, -0.05) is 5.57 Å². The van der Waals surface area contributed by atoms with E-state index >= 15 is 0 Å². The van der Waals surface area contributed by atoms with Gasteiger partial charge in [-0.3, -0.25) is 4.79 Å². The monoisotopic (exact) mass is 300 g/mol. The van der Waals surface area contributed by atoms with Gasteiger partial charge in [-0.05, 0) is 67.8 Å². The molecule has 1 aliphatic heterocycles. The van der Waals surface area contributed by atoms with Crippen molar-refractivity contribution in [3.05, 3.63) is 39.7 Å². The van der Waals surface area contributed by atoms with Gasteiger partial charge in [-0.25, -0.2) is 4.39 Å². The average molecular weight is 300 g/mol. The van der Waals surface area contributed by atoms with Gasteiger partial charge in [0.05, 0.1) is 0 Å². The molecular formula is C18H21FN2O. The van der Waals surface area contributed by atoms with Crippen LogP contribution in [-0.4, -0.2) is 19.0 Å². The van der Waals surface area contributed by atoms with Crippen LogP contribution in [0.25, 0.3) is 5.57 Å². The van der Waals surface area contributed by atoms with Gasteiger partial charge in [0.2, 0.25) is 5.91 Å². The predicted octanol–water partition coefficient (Wildman–Crippen LogP) is 2.89. The number of benzene rings is 1. The molecule has 1 heterocycles. The lowest BCUT2D eigenvalue weighted by molar-refractivity contribution is 0.0999. The molecule has 0 aromatic heterocycles. The molecule has 1 atom stereocenters. The summed E-state index contributed by atoms with van der Waals surface area (Å²) in [6.07, 6.45) is 6.19. The molecule has 22 heavy (non-hydrogen) atoms. The molecule has 4 heteroatoms. The molecule has 1 unspecified atom stereocenters. The molecule has 1 aromatic rings. The van der Waals surface area contributed by atoms with E-state index in [1.165, 1.54) is 23.6 Å². The number of amides is 1. The zero-order valence-electron chi connectivity index (χ0n) is 12.7. The first-order valence-corrected chi connectivity index (χ1v) is 8.24. The quantitative estimate of drug-likeness (QED) is 0.882. The van der Waals surface area contributed by atoms with Crippen molar-refractivity contribution in [1.82, 2.24) is 5.32 Å². The number of carbonyl (C=O) groups excluding carboxylic acids is 1. The lowest BCUT2D eigenvalue weighted by Gasteiger charge is -2.21. The van der Waals surface area contributed by atoms with E-state index in [1.54, 1.807) is 0 Å². The number of nitrogens with two attached hydrogens (primary N) is 1. The Labute approximate surface area is 129 Å². The Morgan fingerprint density at radius 1 is 1.32 bits per heavy atom. The number of rotatable bonds is 2. The number of nitrogens with one attached hydrogen (secondary N) is 1. The molecule has 1 amide bonds. The van der Waals surface area contributed by atoms with Crippen molar-refractivity contribution in [3.63, 3.8) is 0 Å². The Bertz CT molecular complexity index is 687. The van der Waals surface area contributed by atoms with E-state index in [1.807, 2.05) is 0 Å². The van der Waals surface area contributed by atoms with E-state index in [0.29, 0.717) is 5.56 Å². The second-order valence-corrected chi connectivity index (χ2v) is 6.69. The van der Waals surface area contributed by atoms with Crippen molar-refractivity contribution in [1.29, 1.82) is 0 Å². The second kappa shape index (κ2) is 5.20. The van der Waals surface area contributed by atoms with Gasteiger partial charge >= 0.3 is 0 Å². The highest BCUT2D eigenvalue weighted by molar-refractivity contribution is 5.98. The first-order valence-electron chi connectivity index (χ1n) is 8.24. The summed E-state index contributed by atoms with van der Waals surface area (Å²) < 4.78 is 14.8. The highest BCUT2D eigenvalue weighted by atomic mass is 19.1. The SMILES string of the molecule is NC(=O)c1cc(F)c(C2CCNC2)c2c1CC1=C2CCCC1. The van der Waals surface area contributed by atoms with Crippen molar-refractivity contribution >= 4 is 11.5 Å². The van der Waals surface area contributed by atoms with E-state index < -0.39 is 5.91 Å². The summed E-state index contributed by atoms with van der Waals surface area (Å²) in [5, 5.41) is 3.32. The second-order valence-electron chi connectivity index (χ2n) is 6.69. The number of carbonyl (C=O) groups is 1. The predicted molar refractivity (Wildman–Crippen MR) is 84.2 cm³/mol. The molecule has 2 aliphatic carbocycles. The van der Waals surface area contributed by atoms with Crippen molar-refractivity contribution in [3.8, 4) is 0 Å². The third kappa shape index (κ3) is 2.01. The van der Waals surface area contributed by atoms with E-state index in [4.69, 9.17) is 5.73 Å². The van der Waals surface area contributed by atoms with Crippen LogP contribution >= 0.6 is 0 Å². The summed E-state index contributed by atoms with van der Waals surface area (Å²) in [4.78, 5) is 11.8. The average Bonchev–Trinajstić information content (AvgIpc) is 3.14. The van der Waals surface area contributed by atoms with Crippen LogP contribution in [0, 0.1) is 5.82 Å². The minimum atomic E-state index is -0.508. The zero-order chi connectivity index (χ0) is 15.3. The summed E-state index contributed by atoms with van der Waals surface area (Å²) in [6, 6.07) is 1.38. The first kappa shape index (κ1) is 13.9. The third-order valence-corrected chi connectivity index (χ3v) is 5.43. The van der Waals surface area contributed by atoms with Gasteiger partial charge in [0.1, 0.15) is 5.82 Å². The number of fused-ring (bicyclic) bond motifs is 2. The van der Waals surface area contributed by atoms with Gasteiger partial charge < -0.3 is 11.1 Å². The molecule has 4 rings (SSSR count). The largest absolute Gasteiger partial charge is 0.366 e. The highest BCUT2D eigenvalue weighted by Crippen LogP contribution is 2.47. The van der Waals surface area contributed by atoms with Crippen LogP contribution in [0.15, 0.2) is 11.6 Å². The summed E-state index contributed by atoms with van der Waals surface area (Å²) in [7, 11) is 0. The standard InChI is InChI=1S/C18H21FN2O/c19-15-8-14(18(20)22)13-7-10-3-1-2-4-12(10)17(13)16(15)11-5-6-21-9-11/h8,11,21H,1-7,9H2,(H2,20,22). The van der Waals surface area contributed by atoms with E-state index in [9.17, 15) is 9.18 Å². The Kier molecular flexibility index (Phi) is 3.30. The van der Waals surface area contributed by atoms with Crippen LogP contribution in [0.2, 0.25) is 0 Å². The Morgan fingerprint density at radius 3 is 2.86 bits per heavy atom. The van der Waals surface area contributed by atoms with Gasteiger partial charge in [-0.2, -0.15) is 0 Å². The molecule has 3 N–H and O–H groups in total. The van der Waals surface area contributed by atoms with Gasteiger partial charge in [0.25, 0.3) is 0 Å². The molecule has 0 spiro atoms. The summed E-state index contributed by atoms with van der Waals surface area (Å²) in [5.41, 5.74) is 11.5. The fourth-order valence-corrected chi connectivity index (χ4v) is 4.43. The third-order valence-electron chi connectivity index (χ3n) is 5.43. The molecule has 0 saturated carbocycles. The molecule has 0 bridgehead atoms. The van der Waals surface area contributed by atoms with Gasteiger partial charge in [0, 0.05) is 23.6 Å². The highest BCUT2D eigenvalue weighted by Gasteiger charge is 2.34. The number of halogens is 1. The maximum Gasteiger partial charge on any atom is 0.249 e. The normalized spacial score (nSPS) is 23.6. The fraction of sp³-hybridized carbons (Fsp3) is 0.500. The smallest absolute Gasteiger partial charge is 0.249 e. The number of hydrogen-bond acceptors (Lipinski definition) is 2. The molecule has 116 valence electrons. The lowest BCUT2D eigenvalue weighted by Crippen LogP contribution is -2.17. The van der Waals surface area contributed by atoms with Crippen LogP contribution in [-0.2, 0) is 6.42 Å². The van der Waals surface area contributed by atoms with E-state index in [0.717, 1.165) is 61.9 Å². The Hall–Kier alpha value is -1.68. The maximum atomic E-state index is 14.8. The lowest BCUT2D eigenvalue weighted by atomic mass is 9.84. The van der Waals surface area contributed by atoms with Crippen molar-refractivity contribution < 1.29 is 9.18 Å². The molecular weight excluding hydrogens is 279 g/mol. The first-order chi connectivity index (χ1) is 10.7. The molecule has 3 nitrogen and oxygen atoms in total. The molecule has 1 saturated heterocycles. The van der Waals surface area contributed by atoms with Crippen LogP contribution in [0.1, 0.15) is 65.1 Å². The molecule has 1 fully saturated rings. The van der Waals surface area contributed by atoms with Crippen LogP contribution in [0.5, 0.6) is 0 Å². The summed E-state index contributed by atoms with van der Waals surface area (Å²) >= 11 is 0. The minimum Gasteiger partial charge on any atom is -0.366 e. The van der Waals surface area contributed by atoms with Crippen molar-refractivity contribution in [2.24, 2.45) is 5.73 Å². The van der Waals surface area contributed by atoms with Gasteiger partial charge in [-0.15, -0.1) is 0 Å². The van der Waals surface area contributed by atoms with E-state index in [-0.39, 0.29) is 11.7 Å². The van der Waals surface area contributed by atoms with Crippen LogP contribution in [0.4, 0.5) is 4.39 Å².